The average molecular weight is 387 g/mol. The standard InChI is InChI=1S/C20H16Cl2N2O2/c1-24-16-10-3-2-6-12(16)18-15(9-5-11-17(18)24)23-26-20(25)19-13(21)7-4-8-14(19)22/h2-4,6-8,10H,5,9,11H2,1H3/b23-15-. The smallest absolute Gasteiger partial charge is 0.347 e. The van der Waals surface area contributed by atoms with Gasteiger partial charge in [0.05, 0.1) is 21.3 Å². The van der Waals surface area contributed by atoms with Gasteiger partial charge < -0.3 is 9.40 Å². The SMILES string of the molecule is Cn1c2c(c3ccccc31)/C(=N\OC(=O)c1c(Cl)cccc1Cl)CCC2. The second-order valence-corrected chi connectivity index (χ2v) is 7.08. The second kappa shape index (κ2) is 6.78. The molecule has 4 rings (SSSR count). The Balaban J connectivity index is 1.73. The molecule has 6 heteroatoms. The van der Waals surface area contributed by atoms with Gasteiger partial charge in [-0.15, -0.1) is 0 Å². The summed E-state index contributed by atoms with van der Waals surface area (Å²) in [6.07, 6.45) is 2.69. The Morgan fingerprint density at radius 3 is 2.58 bits per heavy atom. The molecule has 0 N–H and O–H groups in total. The number of hydrogen-bond donors (Lipinski definition) is 0. The van der Waals surface area contributed by atoms with Crippen molar-refractivity contribution in [2.24, 2.45) is 12.2 Å². The lowest BCUT2D eigenvalue weighted by atomic mass is 9.93. The summed E-state index contributed by atoms with van der Waals surface area (Å²) in [5, 5.41) is 5.80. The van der Waals surface area contributed by atoms with E-state index in [1.54, 1.807) is 18.2 Å². The first-order valence-electron chi connectivity index (χ1n) is 8.37. The summed E-state index contributed by atoms with van der Waals surface area (Å²) in [7, 11) is 2.06. The molecule has 3 aromatic rings. The van der Waals surface area contributed by atoms with Gasteiger partial charge in [-0.25, -0.2) is 4.79 Å². The molecule has 132 valence electrons. The lowest BCUT2D eigenvalue weighted by Crippen LogP contribution is -2.14. The molecule has 0 amide bonds. The van der Waals surface area contributed by atoms with Gasteiger partial charge in [0, 0.05) is 29.2 Å². The third kappa shape index (κ3) is 2.79. The summed E-state index contributed by atoms with van der Waals surface area (Å²) < 4.78 is 2.19. The topological polar surface area (TPSA) is 43.6 Å². The zero-order valence-corrected chi connectivity index (χ0v) is 15.6. The molecule has 0 radical (unpaired) electrons. The van der Waals surface area contributed by atoms with E-state index >= 15 is 0 Å². The molecular weight excluding hydrogens is 371 g/mol. The number of aryl methyl sites for hydroxylation is 1. The molecule has 0 atom stereocenters. The normalized spacial score (nSPS) is 15.3. The molecule has 0 aliphatic heterocycles. The number of nitrogens with zero attached hydrogens (tertiary/aromatic N) is 2. The van der Waals surface area contributed by atoms with Gasteiger partial charge in [-0.05, 0) is 37.5 Å². The fourth-order valence-corrected chi connectivity index (χ4v) is 4.09. The summed E-state index contributed by atoms with van der Waals surface area (Å²) >= 11 is 12.1. The lowest BCUT2D eigenvalue weighted by molar-refractivity contribution is 0.0516. The molecule has 0 saturated heterocycles. The zero-order chi connectivity index (χ0) is 18.3. The summed E-state index contributed by atoms with van der Waals surface area (Å²) in [4.78, 5) is 17.6. The van der Waals surface area contributed by atoms with Crippen molar-refractivity contribution in [3.8, 4) is 0 Å². The molecule has 0 spiro atoms. The summed E-state index contributed by atoms with van der Waals surface area (Å²) in [6.45, 7) is 0. The summed E-state index contributed by atoms with van der Waals surface area (Å²) in [5.74, 6) is -0.652. The summed E-state index contributed by atoms with van der Waals surface area (Å²) in [6, 6.07) is 13.1. The fourth-order valence-electron chi connectivity index (χ4n) is 3.54. The molecule has 1 aliphatic rings. The Morgan fingerprint density at radius 1 is 1.08 bits per heavy atom. The van der Waals surface area contributed by atoms with Crippen LogP contribution in [0.15, 0.2) is 47.6 Å². The van der Waals surface area contributed by atoms with Crippen LogP contribution in [-0.2, 0) is 18.3 Å². The van der Waals surface area contributed by atoms with Gasteiger partial charge in [0.15, 0.2) is 0 Å². The van der Waals surface area contributed by atoms with Crippen molar-refractivity contribution in [1.29, 1.82) is 0 Å². The van der Waals surface area contributed by atoms with Crippen LogP contribution in [0, 0.1) is 0 Å². The van der Waals surface area contributed by atoms with Crippen LogP contribution < -0.4 is 0 Å². The number of rotatable bonds is 2. The van der Waals surface area contributed by atoms with Crippen LogP contribution in [0.25, 0.3) is 10.9 Å². The number of benzene rings is 2. The Labute approximate surface area is 161 Å². The van der Waals surface area contributed by atoms with Crippen LogP contribution in [-0.4, -0.2) is 16.2 Å². The number of fused-ring (bicyclic) bond motifs is 3. The first-order chi connectivity index (χ1) is 12.6. The number of carbonyl (C=O) groups is 1. The molecule has 2 aromatic carbocycles. The predicted molar refractivity (Wildman–Crippen MR) is 104 cm³/mol. The van der Waals surface area contributed by atoms with Gasteiger partial charge in [-0.2, -0.15) is 0 Å². The van der Waals surface area contributed by atoms with Crippen molar-refractivity contribution in [2.75, 3.05) is 0 Å². The van der Waals surface area contributed by atoms with Crippen LogP contribution in [0.2, 0.25) is 10.0 Å². The number of oxime groups is 1. The molecule has 1 heterocycles. The molecule has 4 nitrogen and oxygen atoms in total. The van der Waals surface area contributed by atoms with Gasteiger partial charge in [-0.1, -0.05) is 52.6 Å². The van der Waals surface area contributed by atoms with Crippen molar-refractivity contribution in [3.05, 3.63) is 69.3 Å². The number of carbonyl (C=O) groups excluding carboxylic acids is 1. The predicted octanol–water partition coefficient (Wildman–Crippen LogP) is 5.38. The third-order valence-electron chi connectivity index (χ3n) is 4.75. The Bertz CT molecular complexity index is 1030. The van der Waals surface area contributed by atoms with E-state index in [1.165, 1.54) is 5.69 Å². The van der Waals surface area contributed by atoms with Gasteiger partial charge in [0.2, 0.25) is 0 Å². The third-order valence-corrected chi connectivity index (χ3v) is 5.38. The van der Waals surface area contributed by atoms with Gasteiger partial charge in [0.25, 0.3) is 0 Å². The number of para-hydroxylation sites is 1. The minimum atomic E-state index is -0.652. The van der Waals surface area contributed by atoms with Crippen molar-refractivity contribution in [3.63, 3.8) is 0 Å². The quantitative estimate of drug-likeness (QED) is 0.438. The van der Waals surface area contributed by atoms with E-state index in [4.69, 9.17) is 28.0 Å². The minimum Gasteiger partial charge on any atom is -0.347 e. The first-order valence-corrected chi connectivity index (χ1v) is 9.12. The summed E-state index contributed by atoms with van der Waals surface area (Å²) in [5.41, 5.74) is 4.33. The van der Waals surface area contributed by atoms with E-state index in [9.17, 15) is 4.79 Å². The van der Waals surface area contributed by atoms with E-state index in [0.29, 0.717) is 0 Å². The minimum absolute atomic E-state index is 0.133. The molecule has 0 saturated carbocycles. The monoisotopic (exact) mass is 386 g/mol. The number of hydrogen-bond acceptors (Lipinski definition) is 3. The Kier molecular flexibility index (Phi) is 4.47. The molecule has 1 aliphatic carbocycles. The molecule has 0 fully saturated rings. The Morgan fingerprint density at radius 2 is 1.81 bits per heavy atom. The van der Waals surface area contributed by atoms with Crippen LogP contribution in [0.5, 0.6) is 0 Å². The molecule has 0 unspecified atom stereocenters. The highest BCUT2D eigenvalue weighted by Gasteiger charge is 2.24. The van der Waals surface area contributed by atoms with Gasteiger partial charge >= 0.3 is 5.97 Å². The van der Waals surface area contributed by atoms with Crippen molar-refractivity contribution < 1.29 is 9.63 Å². The number of halogens is 2. The van der Waals surface area contributed by atoms with E-state index in [2.05, 4.69) is 28.9 Å². The fraction of sp³-hybridized carbons (Fsp3) is 0.200. The Hall–Kier alpha value is -2.30. The molecule has 0 bridgehead atoms. The van der Waals surface area contributed by atoms with Crippen molar-refractivity contribution in [2.45, 2.75) is 19.3 Å². The van der Waals surface area contributed by atoms with Crippen LogP contribution >= 0.6 is 23.2 Å². The van der Waals surface area contributed by atoms with Crippen molar-refractivity contribution >= 4 is 45.8 Å². The maximum atomic E-state index is 12.4. The molecule has 26 heavy (non-hydrogen) atoms. The van der Waals surface area contributed by atoms with E-state index in [1.807, 2.05) is 12.1 Å². The van der Waals surface area contributed by atoms with Crippen molar-refractivity contribution in [1.82, 2.24) is 4.57 Å². The second-order valence-electron chi connectivity index (χ2n) is 6.26. The lowest BCUT2D eigenvalue weighted by Gasteiger charge is -2.15. The van der Waals surface area contributed by atoms with Crippen LogP contribution in [0.4, 0.5) is 0 Å². The van der Waals surface area contributed by atoms with E-state index < -0.39 is 5.97 Å². The highest BCUT2D eigenvalue weighted by molar-refractivity contribution is 6.39. The zero-order valence-electron chi connectivity index (χ0n) is 14.1. The highest BCUT2D eigenvalue weighted by atomic mass is 35.5. The maximum absolute atomic E-state index is 12.4. The van der Waals surface area contributed by atoms with E-state index in [0.717, 1.165) is 41.4 Å². The highest BCUT2D eigenvalue weighted by Crippen LogP contribution is 2.32. The van der Waals surface area contributed by atoms with Gasteiger partial charge in [0.1, 0.15) is 0 Å². The van der Waals surface area contributed by atoms with Crippen LogP contribution in [0.1, 0.15) is 34.5 Å². The molecular formula is C20H16Cl2N2O2. The number of aromatic nitrogens is 1. The van der Waals surface area contributed by atoms with Crippen LogP contribution in [0.3, 0.4) is 0 Å². The van der Waals surface area contributed by atoms with Gasteiger partial charge in [-0.3, -0.25) is 0 Å². The average Bonchev–Trinajstić information content (AvgIpc) is 2.93. The molecule has 1 aromatic heterocycles. The first kappa shape index (κ1) is 17.1. The van der Waals surface area contributed by atoms with E-state index in [-0.39, 0.29) is 15.6 Å². The largest absolute Gasteiger partial charge is 0.368 e. The maximum Gasteiger partial charge on any atom is 0.368 e.